The van der Waals surface area contributed by atoms with Crippen molar-refractivity contribution < 1.29 is 31.5 Å². The molecular formula is C23H20ClF5N4O2. The molecule has 1 aliphatic rings. The van der Waals surface area contributed by atoms with Crippen molar-refractivity contribution in [1.82, 2.24) is 14.3 Å². The minimum Gasteiger partial charge on any atom is -0.326 e. The van der Waals surface area contributed by atoms with E-state index >= 15 is 0 Å². The zero-order chi connectivity index (χ0) is 25.7. The van der Waals surface area contributed by atoms with Crippen LogP contribution < -0.4 is 4.90 Å². The Bertz CT molecular complexity index is 1320. The van der Waals surface area contributed by atoms with E-state index < -0.39 is 53.1 Å². The van der Waals surface area contributed by atoms with Gasteiger partial charge in [0.15, 0.2) is 11.3 Å². The highest BCUT2D eigenvalue weighted by molar-refractivity contribution is 6.33. The van der Waals surface area contributed by atoms with Crippen LogP contribution in [-0.4, -0.2) is 45.7 Å². The van der Waals surface area contributed by atoms with E-state index in [4.69, 9.17) is 11.6 Å². The average molecular weight is 515 g/mol. The largest absolute Gasteiger partial charge is 0.419 e. The zero-order valence-electron chi connectivity index (χ0n) is 18.7. The smallest absolute Gasteiger partial charge is 0.326 e. The molecule has 4 rings (SSSR count). The first-order chi connectivity index (χ1) is 16.4. The number of fused-ring (bicyclic) bond motifs is 1. The molecule has 0 spiro atoms. The van der Waals surface area contributed by atoms with Crippen LogP contribution in [0, 0.1) is 17.6 Å². The molecule has 2 aromatic heterocycles. The molecule has 1 aliphatic heterocycles. The minimum atomic E-state index is -4.74. The molecular weight excluding hydrogens is 495 g/mol. The molecule has 0 radical (unpaired) electrons. The maximum Gasteiger partial charge on any atom is 0.419 e. The number of anilines is 1. The molecule has 12 heteroatoms. The molecule has 2 amide bonds. The first-order valence-electron chi connectivity index (χ1n) is 10.7. The van der Waals surface area contributed by atoms with Gasteiger partial charge in [0.25, 0.3) is 5.91 Å². The Labute approximate surface area is 201 Å². The van der Waals surface area contributed by atoms with Gasteiger partial charge in [-0.05, 0) is 36.1 Å². The van der Waals surface area contributed by atoms with Crippen LogP contribution in [0.2, 0.25) is 5.15 Å². The summed E-state index contributed by atoms with van der Waals surface area (Å²) in [6, 6.07) is 3.66. The highest BCUT2D eigenvalue weighted by atomic mass is 35.5. The highest BCUT2D eigenvalue weighted by Gasteiger charge is 2.37. The first kappa shape index (κ1) is 24.9. The summed E-state index contributed by atoms with van der Waals surface area (Å²) in [6.07, 6.45) is -2.98. The lowest BCUT2D eigenvalue weighted by molar-refractivity contribution is -0.136. The van der Waals surface area contributed by atoms with Gasteiger partial charge < -0.3 is 9.80 Å². The van der Waals surface area contributed by atoms with Gasteiger partial charge in [-0.15, -0.1) is 0 Å². The summed E-state index contributed by atoms with van der Waals surface area (Å²) in [5, 5.41) is -0.313. The third kappa shape index (κ3) is 4.82. The summed E-state index contributed by atoms with van der Waals surface area (Å²) in [5.74, 6) is -3.00. The van der Waals surface area contributed by atoms with Gasteiger partial charge in [0.2, 0.25) is 5.91 Å². The van der Waals surface area contributed by atoms with E-state index in [2.05, 4.69) is 4.98 Å². The number of halogens is 6. The quantitative estimate of drug-likeness (QED) is 0.462. The third-order valence-electron chi connectivity index (χ3n) is 5.58. The second kappa shape index (κ2) is 9.10. The number of hydrogen-bond acceptors (Lipinski definition) is 3. The Morgan fingerprint density at radius 2 is 1.89 bits per heavy atom. The van der Waals surface area contributed by atoms with Crippen LogP contribution >= 0.6 is 11.6 Å². The first-order valence-corrected chi connectivity index (χ1v) is 11.1. The standard InChI is InChI=1S/C23H20ClF5N4O2/c1-12(2)7-13-8-15(23(27,28)29)21-30-19(20(24)33(21)10-13)22(35)31-5-6-32(18(34)11-31)17-9-14(25)3-4-16(17)26/h3-4,8-10,12H,5-7,11H2,1-2H3. The number of rotatable bonds is 4. The molecule has 1 fully saturated rings. The van der Waals surface area contributed by atoms with Crippen LogP contribution in [0.5, 0.6) is 0 Å². The number of carbonyl (C=O) groups excluding carboxylic acids is 2. The van der Waals surface area contributed by atoms with E-state index in [0.29, 0.717) is 12.0 Å². The second-order valence-electron chi connectivity index (χ2n) is 8.67. The lowest BCUT2D eigenvalue weighted by atomic mass is 10.0. The SMILES string of the molecule is CC(C)Cc1cc(C(F)(F)F)c2nc(C(=O)N3CCN(c4cc(F)ccc4F)C(=O)C3)c(Cl)n2c1. The highest BCUT2D eigenvalue weighted by Crippen LogP contribution is 2.35. The summed E-state index contributed by atoms with van der Waals surface area (Å²) >= 11 is 6.30. The van der Waals surface area contributed by atoms with E-state index in [1.54, 1.807) is 0 Å². The van der Waals surface area contributed by atoms with Gasteiger partial charge in [-0.1, -0.05) is 25.4 Å². The lowest BCUT2D eigenvalue weighted by Gasteiger charge is -2.34. The fourth-order valence-corrected chi connectivity index (χ4v) is 4.30. The molecule has 3 heterocycles. The number of hydrogen-bond donors (Lipinski definition) is 0. The normalized spacial score (nSPS) is 14.9. The van der Waals surface area contributed by atoms with Crippen molar-refractivity contribution >= 4 is 34.7 Å². The molecule has 6 nitrogen and oxygen atoms in total. The number of aromatic nitrogens is 2. The van der Waals surface area contributed by atoms with Crippen LogP contribution in [0.15, 0.2) is 30.5 Å². The van der Waals surface area contributed by atoms with Crippen LogP contribution in [0.3, 0.4) is 0 Å². The summed E-state index contributed by atoms with van der Waals surface area (Å²) in [6.45, 7) is 2.96. The van der Waals surface area contributed by atoms with E-state index in [0.717, 1.165) is 38.5 Å². The molecule has 35 heavy (non-hydrogen) atoms. The molecule has 0 bridgehead atoms. The van der Waals surface area contributed by atoms with Crippen LogP contribution in [-0.2, 0) is 17.4 Å². The van der Waals surface area contributed by atoms with E-state index in [1.165, 1.54) is 6.20 Å². The third-order valence-corrected chi connectivity index (χ3v) is 5.94. The Morgan fingerprint density at radius 1 is 1.17 bits per heavy atom. The summed E-state index contributed by atoms with van der Waals surface area (Å²) in [7, 11) is 0. The number of benzene rings is 1. The van der Waals surface area contributed by atoms with Gasteiger partial charge in [-0.3, -0.25) is 14.0 Å². The van der Waals surface area contributed by atoms with E-state index in [-0.39, 0.29) is 29.8 Å². The predicted octanol–water partition coefficient (Wildman–Crippen LogP) is 4.97. The van der Waals surface area contributed by atoms with Crippen molar-refractivity contribution in [3.05, 3.63) is 64.1 Å². The molecule has 3 aromatic rings. The lowest BCUT2D eigenvalue weighted by Crippen LogP contribution is -2.52. The molecule has 186 valence electrons. The molecule has 0 unspecified atom stereocenters. The van der Waals surface area contributed by atoms with Gasteiger partial charge in [0, 0.05) is 25.4 Å². The molecule has 0 N–H and O–H groups in total. The van der Waals surface area contributed by atoms with Crippen LogP contribution in [0.25, 0.3) is 5.65 Å². The van der Waals surface area contributed by atoms with Crippen molar-refractivity contribution in [3.63, 3.8) is 0 Å². The minimum absolute atomic E-state index is 0.0715. The Hall–Kier alpha value is -3.21. The number of pyridine rings is 1. The van der Waals surface area contributed by atoms with Gasteiger partial charge in [0.1, 0.15) is 23.3 Å². The molecule has 0 atom stereocenters. The number of imidazole rings is 1. The molecule has 1 aromatic carbocycles. The van der Waals surface area contributed by atoms with Crippen molar-refractivity contribution in [2.24, 2.45) is 5.92 Å². The zero-order valence-corrected chi connectivity index (χ0v) is 19.4. The maximum atomic E-state index is 14.1. The van der Waals surface area contributed by atoms with Gasteiger partial charge in [0.05, 0.1) is 11.3 Å². The van der Waals surface area contributed by atoms with E-state index in [1.807, 2.05) is 13.8 Å². The number of nitrogens with zero attached hydrogens (tertiary/aromatic N) is 4. The molecule has 0 aliphatic carbocycles. The average Bonchev–Trinajstić information content (AvgIpc) is 3.10. The van der Waals surface area contributed by atoms with Crippen molar-refractivity contribution in [2.75, 3.05) is 24.5 Å². The second-order valence-corrected chi connectivity index (χ2v) is 9.03. The van der Waals surface area contributed by atoms with Gasteiger partial charge in [-0.2, -0.15) is 13.2 Å². The predicted molar refractivity (Wildman–Crippen MR) is 118 cm³/mol. The van der Waals surface area contributed by atoms with Crippen LogP contribution in [0.4, 0.5) is 27.6 Å². The number of amides is 2. The maximum absolute atomic E-state index is 14.1. The summed E-state index contributed by atoms with van der Waals surface area (Å²) < 4.78 is 69.9. The van der Waals surface area contributed by atoms with Crippen molar-refractivity contribution in [2.45, 2.75) is 26.4 Å². The molecule has 1 saturated heterocycles. The number of piperazine rings is 1. The van der Waals surface area contributed by atoms with Gasteiger partial charge >= 0.3 is 6.18 Å². The fraction of sp³-hybridized carbons (Fsp3) is 0.348. The Kier molecular flexibility index (Phi) is 6.48. The van der Waals surface area contributed by atoms with Crippen LogP contribution in [0.1, 0.15) is 35.5 Å². The monoisotopic (exact) mass is 514 g/mol. The summed E-state index contributed by atoms with van der Waals surface area (Å²) in [5.41, 5.74) is -1.87. The van der Waals surface area contributed by atoms with Gasteiger partial charge in [-0.25, -0.2) is 13.8 Å². The van der Waals surface area contributed by atoms with Crippen molar-refractivity contribution in [3.8, 4) is 0 Å². The Balaban J connectivity index is 1.66. The molecule has 0 saturated carbocycles. The summed E-state index contributed by atoms with van der Waals surface area (Å²) in [4.78, 5) is 31.7. The topological polar surface area (TPSA) is 57.9 Å². The number of alkyl halides is 3. The number of carbonyl (C=O) groups is 2. The van der Waals surface area contributed by atoms with Crippen molar-refractivity contribution in [1.29, 1.82) is 0 Å². The Morgan fingerprint density at radius 3 is 2.51 bits per heavy atom. The van der Waals surface area contributed by atoms with E-state index in [9.17, 15) is 31.5 Å². The fourth-order valence-electron chi connectivity index (χ4n) is 4.05.